The van der Waals surface area contributed by atoms with Gasteiger partial charge in [-0.05, 0) is 43.0 Å². The molecule has 6 heteroatoms. The zero-order valence-corrected chi connectivity index (χ0v) is 14.2. The third-order valence-electron chi connectivity index (χ3n) is 4.23. The molecular formula is C17H23ClN2O3. The lowest BCUT2D eigenvalue weighted by atomic mass is 9.99. The van der Waals surface area contributed by atoms with Gasteiger partial charge >= 0.3 is 0 Å². The van der Waals surface area contributed by atoms with Gasteiger partial charge in [-0.1, -0.05) is 25.4 Å². The molecule has 0 saturated carbocycles. The van der Waals surface area contributed by atoms with Crippen LogP contribution >= 0.6 is 11.6 Å². The molecule has 23 heavy (non-hydrogen) atoms. The highest BCUT2D eigenvalue weighted by Gasteiger charge is 2.38. The maximum atomic E-state index is 12.5. The number of rotatable bonds is 6. The van der Waals surface area contributed by atoms with Crippen molar-refractivity contribution >= 4 is 29.1 Å². The summed E-state index contributed by atoms with van der Waals surface area (Å²) in [7, 11) is 0. The van der Waals surface area contributed by atoms with Gasteiger partial charge in [-0.15, -0.1) is 0 Å². The van der Waals surface area contributed by atoms with Crippen LogP contribution in [0.5, 0.6) is 0 Å². The monoisotopic (exact) mass is 338 g/mol. The fourth-order valence-corrected chi connectivity index (χ4v) is 2.92. The van der Waals surface area contributed by atoms with Crippen LogP contribution in [0.3, 0.4) is 0 Å². The molecule has 0 spiro atoms. The summed E-state index contributed by atoms with van der Waals surface area (Å²) in [5.41, 5.74) is 0.755. The Labute approximate surface area is 141 Å². The first-order valence-electron chi connectivity index (χ1n) is 7.92. The average Bonchev–Trinajstić information content (AvgIpc) is 2.89. The van der Waals surface area contributed by atoms with Gasteiger partial charge in [0, 0.05) is 29.9 Å². The van der Waals surface area contributed by atoms with E-state index in [-0.39, 0.29) is 30.4 Å². The summed E-state index contributed by atoms with van der Waals surface area (Å²) in [6.45, 7) is 4.50. The molecule has 2 amide bonds. The lowest BCUT2D eigenvalue weighted by molar-refractivity contribution is -0.132. The molecule has 2 atom stereocenters. The Hall–Kier alpha value is -1.59. The molecule has 0 aromatic heterocycles. The zero-order chi connectivity index (χ0) is 17.0. The SMILES string of the molecule is CC(C)C(CCO)NC(=O)C1CCN(c2ccc(Cl)cc2)C1=O. The topological polar surface area (TPSA) is 69.6 Å². The second kappa shape index (κ2) is 7.79. The van der Waals surface area contributed by atoms with Gasteiger partial charge in [-0.2, -0.15) is 0 Å². The zero-order valence-electron chi connectivity index (χ0n) is 13.5. The van der Waals surface area contributed by atoms with E-state index in [4.69, 9.17) is 16.7 Å². The Kier molecular flexibility index (Phi) is 6.02. The van der Waals surface area contributed by atoms with E-state index in [0.29, 0.717) is 24.4 Å². The molecular weight excluding hydrogens is 316 g/mol. The van der Waals surface area contributed by atoms with Crippen molar-refractivity contribution in [2.45, 2.75) is 32.7 Å². The normalized spacial score (nSPS) is 19.3. The highest BCUT2D eigenvalue weighted by atomic mass is 35.5. The van der Waals surface area contributed by atoms with Gasteiger partial charge in [-0.3, -0.25) is 9.59 Å². The van der Waals surface area contributed by atoms with Crippen molar-refractivity contribution in [3.63, 3.8) is 0 Å². The van der Waals surface area contributed by atoms with Crippen molar-refractivity contribution in [3.8, 4) is 0 Å². The minimum absolute atomic E-state index is 0.0125. The molecule has 1 aliphatic heterocycles. The summed E-state index contributed by atoms with van der Waals surface area (Å²) in [6, 6.07) is 6.90. The van der Waals surface area contributed by atoms with Crippen molar-refractivity contribution in [2.75, 3.05) is 18.1 Å². The fraction of sp³-hybridized carbons (Fsp3) is 0.529. The molecule has 1 saturated heterocycles. The van der Waals surface area contributed by atoms with E-state index in [0.717, 1.165) is 5.69 Å². The molecule has 1 heterocycles. The first-order chi connectivity index (χ1) is 10.9. The molecule has 1 aliphatic rings. The summed E-state index contributed by atoms with van der Waals surface area (Å²) in [5, 5.41) is 12.6. The van der Waals surface area contributed by atoms with Gasteiger partial charge in [0.2, 0.25) is 11.8 Å². The Balaban J connectivity index is 2.03. The molecule has 5 nitrogen and oxygen atoms in total. The van der Waals surface area contributed by atoms with Crippen LogP contribution in [-0.4, -0.2) is 36.1 Å². The van der Waals surface area contributed by atoms with E-state index in [1.165, 1.54) is 0 Å². The molecule has 2 unspecified atom stereocenters. The van der Waals surface area contributed by atoms with Crippen LogP contribution in [0.15, 0.2) is 24.3 Å². The lowest BCUT2D eigenvalue weighted by Gasteiger charge is -2.23. The third-order valence-corrected chi connectivity index (χ3v) is 4.48. The van der Waals surface area contributed by atoms with Crippen molar-refractivity contribution in [1.82, 2.24) is 5.32 Å². The van der Waals surface area contributed by atoms with E-state index in [2.05, 4.69) is 5.32 Å². The maximum absolute atomic E-state index is 12.5. The largest absolute Gasteiger partial charge is 0.396 e. The maximum Gasteiger partial charge on any atom is 0.239 e. The molecule has 2 rings (SSSR count). The highest BCUT2D eigenvalue weighted by molar-refractivity contribution is 6.30. The number of nitrogens with zero attached hydrogens (tertiary/aromatic N) is 1. The number of anilines is 1. The first-order valence-corrected chi connectivity index (χ1v) is 8.30. The number of aliphatic hydroxyl groups excluding tert-OH is 1. The minimum atomic E-state index is -0.661. The van der Waals surface area contributed by atoms with Crippen molar-refractivity contribution in [1.29, 1.82) is 0 Å². The minimum Gasteiger partial charge on any atom is -0.396 e. The molecule has 1 aromatic rings. The number of carbonyl (C=O) groups excluding carboxylic acids is 2. The van der Waals surface area contributed by atoms with E-state index in [1.807, 2.05) is 13.8 Å². The number of aliphatic hydroxyl groups is 1. The first kappa shape index (κ1) is 17.8. The Morgan fingerprint density at radius 1 is 1.39 bits per heavy atom. The summed E-state index contributed by atoms with van der Waals surface area (Å²) in [5.74, 6) is -0.893. The van der Waals surface area contributed by atoms with Crippen LogP contribution in [-0.2, 0) is 9.59 Å². The van der Waals surface area contributed by atoms with E-state index < -0.39 is 5.92 Å². The Morgan fingerprint density at radius 2 is 2.04 bits per heavy atom. The van der Waals surface area contributed by atoms with Crippen LogP contribution in [0.1, 0.15) is 26.7 Å². The summed E-state index contributed by atoms with van der Waals surface area (Å²) in [4.78, 5) is 26.6. The summed E-state index contributed by atoms with van der Waals surface area (Å²) >= 11 is 5.86. The predicted molar refractivity (Wildman–Crippen MR) is 90.4 cm³/mol. The van der Waals surface area contributed by atoms with Crippen LogP contribution in [0.25, 0.3) is 0 Å². The number of hydrogen-bond donors (Lipinski definition) is 2. The molecule has 0 radical (unpaired) electrons. The number of amides is 2. The Bertz CT molecular complexity index is 559. The van der Waals surface area contributed by atoms with Crippen LogP contribution in [0.4, 0.5) is 5.69 Å². The van der Waals surface area contributed by atoms with Crippen LogP contribution < -0.4 is 10.2 Å². The van der Waals surface area contributed by atoms with Gasteiger partial charge in [-0.25, -0.2) is 0 Å². The molecule has 1 fully saturated rings. The lowest BCUT2D eigenvalue weighted by Crippen LogP contribution is -2.44. The summed E-state index contributed by atoms with van der Waals surface area (Å²) in [6.07, 6.45) is 0.989. The average molecular weight is 339 g/mol. The molecule has 0 bridgehead atoms. The van der Waals surface area contributed by atoms with Crippen molar-refractivity contribution < 1.29 is 14.7 Å². The third kappa shape index (κ3) is 4.24. The van der Waals surface area contributed by atoms with Crippen molar-refractivity contribution in [3.05, 3.63) is 29.3 Å². The van der Waals surface area contributed by atoms with E-state index >= 15 is 0 Å². The number of carbonyl (C=O) groups is 2. The number of hydrogen-bond acceptors (Lipinski definition) is 3. The fourth-order valence-electron chi connectivity index (χ4n) is 2.80. The molecule has 2 N–H and O–H groups in total. The van der Waals surface area contributed by atoms with Crippen LogP contribution in [0.2, 0.25) is 5.02 Å². The van der Waals surface area contributed by atoms with E-state index in [9.17, 15) is 9.59 Å². The van der Waals surface area contributed by atoms with Gasteiger partial charge in [0.05, 0.1) is 0 Å². The summed E-state index contributed by atoms with van der Waals surface area (Å²) < 4.78 is 0. The second-order valence-electron chi connectivity index (χ2n) is 6.18. The van der Waals surface area contributed by atoms with Crippen LogP contribution in [0, 0.1) is 11.8 Å². The van der Waals surface area contributed by atoms with Gasteiger partial charge in [0.1, 0.15) is 5.92 Å². The standard InChI is InChI=1S/C17H23ClN2O3/c1-11(2)15(8-10-21)19-16(22)14-7-9-20(17(14)23)13-5-3-12(18)4-6-13/h3-6,11,14-15,21H,7-10H2,1-2H3,(H,19,22). The number of benzene rings is 1. The van der Waals surface area contributed by atoms with Gasteiger partial charge in [0.15, 0.2) is 0 Å². The Morgan fingerprint density at radius 3 is 2.61 bits per heavy atom. The predicted octanol–water partition coefficient (Wildman–Crippen LogP) is 2.22. The quantitative estimate of drug-likeness (QED) is 0.781. The van der Waals surface area contributed by atoms with Gasteiger partial charge in [0.25, 0.3) is 0 Å². The molecule has 126 valence electrons. The second-order valence-corrected chi connectivity index (χ2v) is 6.62. The smallest absolute Gasteiger partial charge is 0.239 e. The van der Waals surface area contributed by atoms with Crippen molar-refractivity contribution in [2.24, 2.45) is 11.8 Å². The molecule has 0 aliphatic carbocycles. The van der Waals surface area contributed by atoms with Gasteiger partial charge < -0.3 is 15.3 Å². The van der Waals surface area contributed by atoms with E-state index in [1.54, 1.807) is 29.2 Å². The molecule has 1 aromatic carbocycles. The number of nitrogens with one attached hydrogen (secondary N) is 1. The highest BCUT2D eigenvalue weighted by Crippen LogP contribution is 2.26. The number of halogens is 1.